The lowest BCUT2D eigenvalue weighted by Crippen LogP contribution is -2.54. The molecular formula is C32H44N4O4. The number of carbonyl (C=O) groups excluding carboxylic acids is 3. The predicted octanol–water partition coefficient (Wildman–Crippen LogP) is 5.40. The minimum Gasteiger partial charge on any atom is -0.444 e. The van der Waals surface area contributed by atoms with Crippen LogP contribution in [-0.2, 0) is 20.7 Å². The number of carbonyl (C=O) groups is 3. The highest BCUT2D eigenvalue weighted by molar-refractivity contribution is 5.89. The van der Waals surface area contributed by atoms with Gasteiger partial charge in [-0.2, -0.15) is 0 Å². The number of nitrogens with one attached hydrogen (secondary N) is 3. The molecule has 3 amide bonds. The smallest absolute Gasteiger partial charge is 0.408 e. The second-order valence-corrected chi connectivity index (χ2v) is 11.4. The summed E-state index contributed by atoms with van der Waals surface area (Å²) in [6.45, 7) is 11.5. The van der Waals surface area contributed by atoms with Gasteiger partial charge in [-0.1, -0.05) is 55.5 Å². The molecule has 3 aromatic rings. The molecule has 1 aliphatic heterocycles. The zero-order chi connectivity index (χ0) is 29.1. The summed E-state index contributed by atoms with van der Waals surface area (Å²) in [4.78, 5) is 41.2. The number of fused-ring (bicyclic) bond motifs is 1. The van der Waals surface area contributed by atoms with E-state index in [9.17, 15) is 14.4 Å². The summed E-state index contributed by atoms with van der Waals surface area (Å²) in [6, 6.07) is 17.7. The molecule has 4 rings (SSSR count). The highest BCUT2D eigenvalue weighted by Crippen LogP contribution is 2.30. The van der Waals surface area contributed by atoms with E-state index in [2.05, 4.69) is 39.9 Å². The van der Waals surface area contributed by atoms with E-state index in [4.69, 9.17) is 4.74 Å². The summed E-state index contributed by atoms with van der Waals surface area (Å²) in [5, 5.41) is 6.41. The summed E-state index contributed by atoms with van der Waals surface area (Å²) in [5.74, 6) is 0.118. The molecule has 1 aliphatic rings. The van der Waals surface area contributed by atoms with Crippen molar-refractivity contribution in [2.75, 3.05) is 19.6 Å². The highest BCUT2D eigenvalue weighted by Gasteiger charge is 2.36. The van der Waals surface area contributed by atoms with E-state index in [0.29, 0.717) is 25.4 Å². The molecule has 0 radical (unpaired) electrons. The Labute approximate surface area is 237 Å². The zero-order valence-corrected chi connectivity index (χ0v) is 24.4. The Hall–Kier alpha value is -3.81. The van der Waals surface area contributed by atoms with Crippen LogP contribution < -0.4 is 10.6 Å². The fourth-order valence-electron chi connectivity index (χ4n) is 5.14. The van der Waals surface area contributed by atoms with Crippen LogP contribution in [0, 0.1) is 5.92 Å². The van der Waals surface area contributed by atoms with Crippen LogP contribution >= 0.6 is 0 Å². The van der Waals surface area contributed by atoms with Crippen LogP contribution in [-0.4, -0.2) is 59.6 Å². The minimum atomic E-state index is -0.723. The van der Waals surface area contributed by atoms with Crippen molar-refractivity contribution in [2.24, 2.45) is 5.92 Å². The third kappa shape index (κ3) is 8.86. The molecule has 0 saturated carbocycles. The minimum absolute atomic E-state index is 0.0496. The molecule has 1 saturated heterocycles. The highest BCUT2D eigenvalue weighted by atomic mass is 16.6. The number of rotatable bonds is 8. The lowest BCUT2D eigenvalue weighted by atomic mass is 9.88. The van der Waals surface area contributed by atoms with E-state index in [-0.39, 0.29) is 11.8 Å². The van der Waals surface area contributed by atoms with Crippen LogP contribution in [0.2, 0.25) is 0 Å². The summed E-state index contributed by atoms with van der Waals surface area (Å²) in [6.07, 6.45) is 5.07. The number of nitrogens with zero attached hydrogens (tertiary/aromatic N) is 1. The van der Waals surface area contributed by atoms with Crippen LogP contribution in [0.15, 0.2) is 60.8 Å². The number of likely N-dealkylation sites (tertiary alicyclic amines) is 1. The molecule has 8 nitrogen and oxygen atoms in total. The number of piperidine rings is 1. The molecule has 0 bridgehead atoms. The van der Waals surface area contributed by atoms with Crippen LogP contribution in [0.25, 0.3) is 10.9 Å². The summed E-state index contributed by atoms with van der Waals surface area (Å²) in [7, 11) is 0. The third-order valence-electron chi connectivity index (χ3n) is 7.04. The van der Waals surface area contributed by atoms with Crippen LogP contribution in [0.1, 0.15) is 64.5 Å². The van der Waals surface area contributed by atoms with E-state index in [1.807, 2.05) is 76.0 Å². The topological polar surface area (TPSA) is 104 Å². The van der Waals surface area contributed by atoms with Gasteiger partial charge in [0.1, 0.15) is 11.6 Å². The number of benzene rings is 2. The van der Waals surface area contributed by atoms with Gasteiger partial charge >= 0.3 is 6.09 Å². The van der Waals surface area contributed by atoms with Crippen LogP contribution in [0.4, 0.5) is 4.79 Å². The van der Waals surface area contributed by atoms with Crippen molar-refractivity contribution in [3.63, 3.8) is 0 Å². The number of aromatic nitrogens is 1. The Morgan fingerprint density at radius 2 is 1.82 bits per heavy atom. The maximum absolute atomic E-state index is 13.9. The first-order chi connectivity index (χ1) is 19.1. The average Bonchev–Trinajstić information content (AvgIpc) is 3.36. The molecule has 1 aromatic heterocycles. The second kappa shape index (κ2) is 14.5. The van der Waals surface area contributed by atoms with Crippen LogP contribution in [0.5, 0.6) is 0 Å². The predicted molar refractivity (Wildman–Crippen MR) is 159 cm³/mol. The Morgan fingerprint density at radius 1 is 1.12 bits per heavy atom. The van der Waals surface area contributed by atoms with Gasteiger partial charge < -0.3 is 25.3 Å². The number of aromatic amines is 1. The molecule has 8 heteroatoms. The molecule has 0 aliphatic carbocycles. The van der Waals surface area contributed by atoms with Gasteiger partial charge in [-0.15, -0.1) is 0 Å². The fourth-order valence-corrected chi connectivity index (χ4v) is 5.14. The number of H-pyrrole nitrogens is 1. The standard InChI is InChI=1S/C29H37N3O3.C3H7NO/c1-20(24-18-30-25-15-9-8-14-23(24)25)26(31-28(34)35-29(2,3)4)27(33)32-16-10-13-22(19-32)17-21-11-6-5-7-12-21;1-2-4-3-5/h5-9,11-12,14-15,18,20,22,26,30H,10,13,16-17,19H2,1-4H3,(H,31,34);3H,2H2,1H3,(H,4,5)/t20-,22-,26-;/m1./s1. The number of ether oxygens (including phenoxy) is 1. The lowest BCUT2D eigenvalue weighted by molar-refractivity contribution is -0.135. The SMILES string of the molecule is CCNC=O.C[C@H](c1c[nH]c2ccccc12)[C@@H](NC(=O)OC(C)(C)C)C(=O)N1CCC[C@H](Cc2ccccc2)C1. The monoisotopic (exact) mass is 548 g/mol. The first-order valence-electron chi connectivity index (χ1n) is 14.2. The quantitative estimate of drug-likeness (QED) is 0.328. The number of para-hydroxylation sites is 1. The summed E-state index contributed by atoms with van der Waals surface area (Å²) in [5.41, 5.74) is 2.67. The lowest BCUT2D eigenvalue weighted by Gasteiger charge is -2.37. The van der Waals surface area contributed by atoms with Gasteiger partial charge in [0, 0.05) is 42.7 Å². The van der Waals surface area contributed by atoms with Gasteiger partial charge in [0.2, 0.25) is 12.3 Å². The van der Waals surface area contributed by atoms with E-state index in [1.165, 1.54) is 5.56 Å². The fraction of sp³-hybridized carbons (Fsp3) is 0.469. The Bertz CT molecular complexity index is 1230. The van der Waals surface area contributed by atoms with Gasteiger partial charge in [-0.05, 0) is 70.1 Å². The van der Waals surface area contributed by atoms with Crippen LogP contribution in [0.3, 0.4) is 0 Å². The van der Waals surface area contributed by atoms with E-state index < -0.39 is 17.7 Å². The molecule has 0 spiro atoms. The average molecular weight is 549 g/mol. The maximum Gasteiger partial charge on any atom is 0.408 e. The zero-order valence-electron chi connectivity index (χ0n) is 24.4. The number of hydrogen-bond donors (Lipinski definition) is 3. The van der Waals surface area contributed by atoms with Gasteiger partial charge in [0.05, 0.1) is 0 Å². The van der Waals surface area contributed by atoms with Crippen molar-refractivity contribution in [3.8, 4) is 0 Å². The van der Waals surface area contributed by atoms with Gasteiger partial charge in [0.25, 0.3) is 0 Å². The van der Waals surface area contributed by atoms with Gasteiger partial charge in [-0.3, -0.25) is 9.59 Å². The van der Waals surface area contributed by atoms with Crippen molar-refractivity contribution in [2.45, 2.75) is 71.4 Å². The number of alkyl carbamates (subject to hydrolysis) is 1. The van der Waals surface area contributed by atoms with E-state index in [0.717, 1.165) is 42.3 Å². The second-order valence-electron chi connectivity index (χ2n) is 11.4. The Balaban J connectivity index is 0.000000810. The molecular weight excluding hydrogens is 504 g/mol. The largest absolute Gasteiger partial charge is 0.444 e. The molecule has 0 unspecified atom stereocenters. The molecule has 2 aromatic carbocycles. The van der Waals surface area contributed by atoms with Crippen molar-refractivity contribution in [1.29, 1.82) is 0 Å². The Morgan fingerprint density at radius 3 is 2.48 bits per heavy atom. The first kappa shape index (κ1) is 30.7. The molecule has 40 heavy (non-hydrogen) atoms. The molecule has 1 fully saturated rings. The van der Waals surface area contributed by atoms with Crippen molar-refractivity contribution < 1.29 is 19.1 Å². The molecule has 2 heterocycles. The first-order valence-corrected chi connectivity index (χ1v) is 14.2. The molecule has 3 N–H and O–H groups in total. The van der Waals surface area contributed by atoms with Crippen molar-refractivity contribution in [3.05, 3.63) is 71.9 Å². The Kier molecular flexibility index (Phi) is 11.2. The van der Waals surface area contributed by atoms with Crippen molar-refractivity contribution >= 4 is 29.3 Å². The van der Waals surface area contributed by atoms with E-state index in [1.54, 1.807) is 0 Å². The third-order valence-corrected chi connectivity index (χ3v) is 7.04. The normalized spacial score (nSPS) is 16.7. The summed E-state index contributed by atoms with van der Waals surface area (Å²) < 4.78 is 5.53. The van der Waals surface area contributed by atoms with Crippen molar-refractivity contribution in [1.82, 2.24) is 20.5 Å². The number of hydrogen-bond acceptors (Lipinski definition) is 4. The van der Waals surface area contributed by atoms with Gasteiger partial charge in [0.15, 0.2) is 0 Å². The summed E-state index contributed by atoms with van der Waals surface area (Å²) >= 11 is 0. The van der Waals surface area contributed by atoms with E-state index >= 15 is 0 Å². The van der Waals surface area contributed by atoms with Gasteiger partial charge in [-0.25, -0.2) is 4.79 Å². The molecule has 216 valence electrons. The molecule has 3 atom stereocenters. The maximum atomic E-state index is 13.9. The number of amides is 3.